The summed E-state index contributed by atoms with van der Waals surface area (Å²) in [7, 11) is 0. The highest BCUT2D eigenvalue weighted by molar-refractivity contribution is 6.35. The number of nitro groups is 1. The summed E-state index contributed by atoms with van der Waals surface area (Å²) in [4.78, 5) is 23.1. The number of rotatable bonds is 8. The van der Waals surface area contributed by atoms with Crippen molar-refractivity contribution in [2.45, 2.75) is 13.2 Å². The van der Waals surface area contributed by atoms with E-state index in [1.165, 1.54) is 35.0 Å². The molecular weight excluding hydrogens is 507 g/mol. The van der Waals surface area contributed by atoms with Crippen LogP contribution in [0.3, 0.4) is 0 Å². The molecule has 0 saturated heterocycles. The van der Waals surface area contributed by atoms with E-state index < -0.39 is 10.8 Å². The van der Waals surface area contributed by atoms with Gasteiger partial charge in [-0.1, -0.05) is 53.0 Å². The lowest BCUT2D eigenvalue weighted by atomic mass is 10.2. The molecule has 2 aromatic carbocycles. The molecule has 0 spiro atoms. The quantitative estimate of drug-likeness (QED) is 0.217. The van der Waals surface area contributed by atoms with Crippen molar-refractivity contribution in [3.63, 3.8) is 0 Å². The summed E-state index contributed by atoms with van der Waals surface area (Å²) >= 11 is 18.3. The Labute approximate surface area is 207 Å². The van der Waals surface area contributed by atoms with Gasteiger partial charge in [-0.15, -0.1) is 0 Å². The summed E-state index contributed by atoms with van der Waals surface area (Å²) in [5.74, 6) is -0.0441. The smallest absolute Gasteiger partial charge is 0.310 e. The number of nitrogens with zero attached hydrogens (tertiary/aromatic N) is 3. The highest BCUT2D eigenvalue weighted by Crippen LogP contribution is 2.27. The molecule has 174 valence electrons. The monoisotopic (exact) mass is 520 g/mol. The van der Waals surface area contributed by atoms with Gasteiger partial charge < -0.3 is 14.5 Å². The van der Waals surface area contributed by atoms with Crippen molar-refractivity contribution in [3.8, 4) is 5.75 Å². The highest BCUT2D eigenvalue weighted by atomic mass is 35.5. The van der Waals surface area contributed by atoms with E-state index in [0.717, 1.165) is 5.56 Å². The van der Waals surface area contributed by atoms with E-state index in [1.807, 2.05) is 0 Å². The maximum atomic E-state index is 12.6. The molecule has 0 aliphatic heterocycles. The van der Waals surface area contributed by atoms with Crippen LogP contribution in [0.15, 0.2) is 65.2 Å². The second kappa shape index (κ2) is 10.2. The van der Waals surface area contributed by atoms with Gasteiger partial charge in [-0.2, -0.15) is 5.10 Å². The number of carbonyl (C=O) groups excluding carboxylic acids is 1. The van der Waals surface area contributed by atoms with Crippen LogP contribution in [0.1, 0.15) is 21.9 Å². The van der Waals surface area contributed by atoms with Gasteiger partial charge in [0.05, 0.1) is 11.5 Å². The molecule has 2 heterocycles. The fraction of sp³-hybridized carbons (Fsp3) is 0.0909. The Morgan fingerprint density at radius 2 is 1.91 bits per heavy atom. The van der Waals surface area contributed by atoms with Crippen LogP contribution in [0, 0.1) is 10.1 Å². The maximum absolute atomic E-state index is 12.6. The minimum atomic E-state index is -0.575. The Balaban J connectivity index is 1.40. The summed E-state index contributed by atoms with van der Waals surface area (Å²) in [6.45, 7) is 0.217. The Morgan fingerprint density at radius 1 is 1.12 bits per heavy atom. The summed E-state index contributed by atoms with van der Waals surface area (Å²) in [6, 6.07) is 14.1. The van der Waals surface area contributed by atoms with Crippen LogP contribution in [0.2, 0.25) is 15.1 Å². The van der Waals surface area contributed by atoms with E-state index in [-0.39, 0.29) is 34.6 Å². The van der Waals surface area contributed by atoms with Gasteiger partial charge in [-0.25, -0.2) is 0 Å². The number of halogens is 3. The topological polar surface area (TPSA) is 112 Å². The van der Waals surface area contributed by atoms with Crippen LogP contribution < -0.4 is 10.1 Å². The van der Waals surface area contributed by atoms with Crippen molar-refractivity contribution >= 4 is 52.2 Å². The first-order valence-electron chi connectivity index (χ1n) is 9.73. The lowest BCUT2D eigenvalue weighted by molar-refractivity contribution is -0.386. The zero-order valence-corrected chi connectivity index (χ0v) is 19.5. The van der Waals surface area contributed by atoms with Gasteiger partial charge in [-0.3, -0.25) is 19.6 Å². The van der Waals surface area contributed by atoms with Crippen molar-refractivity contribution in [1.82, 2.24) is 9.78 Å². The number of ether oxygens (including phenoxy) is 1. The largest absolute Gasteiger partial charge is 0.479 e. The molecule has 2 aromatic heterocycles. The first kappa shape index (κ1) is 23.6. The minimum Gasteiger partial charge on any atom is -0.479 e. The van der Waals surface area contributed by atoms with Crippen molar-refractivity contribution in [3.05, 3.63) is 103 Å². The normalized spacial score (nSPS) is 10.8. The van der Waals surface area contributed by atoms with Crippen molar-refractivity contribution in [2.24, 2.45) is 0 Å². The van der Waals surface area contributed by atoms with Gasteiger partial charge in [0.2, 0.25) is 0 Å². The van der Waals surface area contributed by atoms with E-state index >= 15 is 0 Å². The third-order valence-electron chi connectivity index (χ3n) is 4.61. The number of carbonyl (C=O) groups is 1. The molecule has 9 nitrogen and oxygen atoms in total. The summed E-state index contributed by atoms with van der Waals surface area (Å²) in [6.07, 6.45) is 1.55. The number of amides is 1. The number of hydrogen-bond acceptors (Lipinski definition) is 6. The molecule has 0 aliphatic rings. The molecule has 0 radical (unpaired) electrons. The number of aromatic nitrogens is 2. The number of nitro benzene ring substituents is 1. The highest BCUT2D eigenvalue weighted by Gasteiger charge is 2.18. The fourth-order valence-electron chi connectivity index (χ4n) is 3.01. The standard InChI is InChI=1S/C22H15Cl3N4O5/c23-14-6-5-13(16(24)9-14)10-28-11-17(25)21(27-28)26-22(30)20-8-7-15(34-20)12-33-19-4-2-1-3-18(19)29(31)32/h1-9,11H,10,12H2,(H,26,27,30). The molecule has 0 fully saturated rings. The number of furan rings is 1. The van der Waals surface area contributed by atoms with Gasteiger partial charge >= 0.3 is 5.69 Å². The molecule has 0 atom stereocenters. The fourth-order valence-corrected chi connectivity index (χ4v) is 3.68. The van der Waals surface area contributed by atoms with Crippen LogP contribution in [-0.2, 0) is 13.2 Å². The van der Waals surface area contributed by atoms with Crippen LogP contribution in [0.5, 0.6) is 5.75 Å². The number of nitrogens with one attached hydrogen (secondary N) is 1. The predicted molar refractivity (Wildman–Crippen MR) is 127 cm³/mol. The van der Waals surface area contributed by atoms with Crippen molar-refractivity contribution in [2.75, 3.05) is 5.32 Å². The predicted octanol–water partition coefficient (Wildman–Crippen LogP) is 6.22. The van der Waals surface area contributed by atoms with E-state index in [2.05, 4.69) is 10.4 Å². The number of hydrogen-bond donors (Lipinski definition) is 1. The van der Waals surface area contributed by atoms with Crippen LogP contribution >= 0.6 is 34.8 Å². The summed E-state index contributed by atoms with van der Waals surface area (Å²) < 4.78 is 12.5. The van der Waals surface area contributed by atoms with Crippen LogP contribution in [-0.4, -0.2) is 20.6 Å². The second-order valence-corrected chi connectivity index (χ2v) is 8.24. The summed E-state index contributed by atoms with van der Waals surface area (Å²) in [5.41, 5.74) is 0.606. The minimum absolute atomic E-state index is 0.00692. The molecule has 0 bridgehead atoms. The molecule has 12 heteroatoms. The molecule has 34 heavy (non-hydrogen) atoms. The summed E-state index contributed by atoms with van der Waals surface area (Å²) in [5, 5.41) is 19.2. The van der Waals surface area contributed by atoms with Gasteiger partial charge in [0, 0.05) is 22.3 Å². The van der Waals surface area contributed by atoms with E-state index in [4.69, 9.17) is 44.0 Å². The average Bonchev–Trinajstić information content (AvgIpc) is 3.41. The third kappa shape index (κ3) is 5.51. The van der Waals surface area contributed by atoms with Crippen LogP contribution in [0.4, 0.5) is 11.5 Å². The number of para-hydroxylation sites is 2. The van der Waals surface area contributed by atoms with Gasteiger partial charge in [-0.05, 0) is 35.9 Å². The number of benzene rings is 2. The van der Waals surface area contributed by atoms with E-state index in [9.17, 15) is 14.9 Å². The SMILES string of the molecule is O=C(Nc1nn(Cc2ccc(Cl)cc2Cl)cc1Cl)c1ccc(COc2ccccc2[N+](=O)[O-])o1. The van der Waals surface area contributed by atoms with Gasteiger partial charge in [0.25, 0.3) is 5.91 Å². The van der Waals surface area contributed by atoms with Crippen molar-refractivity contribution < 1.29 is 18.9 Å². The van der Waals surface area contributed by atoms with E-state index in [0.29, 0.717) is 22.4 Å². The first-order chi connectivity index (χ1) is 16.3. The third-order valence-corrected chi connectivity index (χ3v) is 5.48. The molecule has 1 N–H and O–H groups in total. The number of anilines is 1. The van der Waals surface area contributed by atoms with Gasteiger partial charge in [0.1, 0.15) is 17.4 Å². The first-order valence-corrected chi connectivity index (χ1v) is 10.9. The molecule has 0 saturated carbocycles. The Morgan fingerprint density at radius 3 is 2.68 bits per heavy atom. The Bertz CT molecular complexity index is 1370. The Hall–Kier alpha value is -3.53. The van der Waals surface area contributed by atoms with Gasteiger partial charge in [0.15, 0.2) is 17.3 Å². The van der Waals surface area contributed by atoms with Crippen molar-refractivity contribution in [1.29, 1.82) is 0 Å². The Kier molecular flexibility index (Phi) is 7.06. The molecule has 4 aromatic rings. The zero-order chi connectivity index (χ0) is 24.2. The molecule has 1 amide bonds. The average molecular weight is 522 g/mol. The molecule has 0 aliphatic carbocycles. The zero-order valence-electron chi connectivity index (χ0n) is 17.2. The molecule has 0 unspecified atom stereocenters. The lowest BCUT2D eigenvalue weighted by Crippen LogP contribution is -2.12. The molecular formula is C22H15Cl3N4O5. The van der Waals surface area contributed by atoms with Crippen LogP contribution in [0.25, 0.3) is 0 Å². The maximum Gasteiger partial charge on any atom is 0.310 e. The van der Waals surface area contributed by atoms with E-state index in [1.54, 1.807) is 30.5 Å². The second-order valence-electron chi connectivity index (χ2n) is 6.99. The lowest BCUT2D eigenvalue weighted by Gasteiger charge is -2.05. The molecule has 4 rings (SSSR count).